The average Bonchev–Trinajstić information content (AvgIpc) is 3.03. The van der Waals surface area contributed by atoms with E-state index < -0.39 is 0 Å². The molecule has 0 N–H and O–H groups in total. The van der Waals surface area contributed by atoms with Gasteiger partial charge in [-0.15, -0.1) is 22.7 Å². The van der Waals surface area contributed by atoms with Crippen LogP contribution in [-0.4, -0.2) is 23.0 Å². The minimum absolute atomic E-state index is 0.317. The van der Waals surface area contributed by atoms with E-state index in [-0.39, 0.29) is 5.97 Å². The van der Waals surface area contributed by atoms with Crippen LogP contribution in [0.4, 0.5) is 0 Å². The molecule has 0 bridgehead atoms. The quantitative estimate of drug-likeness (QED) is 0.808. The number of nitrogens with zero attached hydrogens (tertiary/aromatic N) is 2. The Hall–Kier alpha value is -1.27. The molecule has 0 aromatic carbocycles. The van der Waals surface area contributed by atoms with E-state index in [4.69, 9.17) is 4.74 Å². The fourth-order valence-corrected chi connectivity index (χ4v) is 3.51. The predicted octanol–water partition coefficient (Wildman–Crippen LogP) is 3.18. The second-order valence-electron chi connectivity index (χ2n) is 3.64. The number of thiazole rings is 2. The fraction of sp³-hybridized carbons (Fsp3) is 0.417. The SMILES string of the molecule is CCc1csc(-c2nc(CC)c(C(=O)OC)s2)n1. The summed E-state index contributed by atoms with van der Waals surface area (Å²) in [5, 5.41) is 3.71. The zero-order valence-electron chi connectivity index (χ0n) is 10.5. The van der Waals surface area contributed by atoms with Crippen molar-refractivity contribution in [2.75, 3.05) is 7.11 Å². The number of hydrogen-bond acceptors (Lipinski definition) is 6. The highest BCUT2D eigenvalue weighted by Crippen LogP contribution is 2.31. The molecule has 0 fully saturated rings. The molecule has 2 rings (SSSR count). The van der Waals surface area contributed by atoms with Gasteiger partial charge in [0.2, 0.25) is 0 Å². The van der Waals surface area contributed by atoms with E-state index in [2.05, 4.69) is 16.9 Å². The van der Waals surface area contributed by atoms with Crippen LogP contribution in [0, 0.1) is 0 Å². The largest absolute Gasteiger partial charge is 0.465 e. The average molecular weight is 282 g/mol. The van der Waals surface area contributed by atoms with Gasteiger partial charge in [-0.25, -0.2) is 14.8 Å². The van der Waals surface area contributed by atoms with E-state index in [0.717, 1.165) is 27.8 Å². The van der Waals surface area contributed by atoms with Crippen molar-refractivity contribution in [2.24, 2.45) is 0 Å². The van der Waals surface area contributed by atoms with Gasteiger partial charge in [-0.2, -0.15) is 0 Å². The van der Waals surface area contributed by atoms with Crippen molar-refractivity contribution in [1.82, 2.24) is 9.97 Å². The van der Waals surface area contributed by atoms with Crippen molar-refractivity contribution in [3.8, 4) is 10.0 Å². The molecule has 0 radical (unpaired) electrons. The van der Waals surface area contributed by atoms with Crippen molar-refractivity contribution in [3.05, 3.63) is 21.6 Å². The van der Waals surface area contributed by atoms with Crippen molar-refractivity contribution < 1.29 is 9.53 Å². The molecule has 6 heteroatoms. The summed E-state index contributed by atoms with van der Waals surface area (Å²) in [6.07, 6.45) is 1.62. The van der Waals surface area contributed by atoms with E-state index in [9.17, 15) is 4.79 Å². The zero-order valence-corrected chi connectivity index (χ0v) is 12.2. The molecular weight excluding hydrogens is 268 g/mol. The molecule has 4 nitrogen and oxygen atoms in total. The van der Waals surface area contributed by atoms with Crippen LogP contribution in [0.5, 0.6) is 0 Å². The van der Waals surface area contributed by atoms with E-state index in [1.807, 2.05) is 12.3 Å². The number of aryl methyl sites for hydroxylation is 2. The second kappa shape index (κ2) is 5.58. The van der Waals surface area contributed by atoms with E-state index in [0.29, 0.717) is 11.3 Å². The standard InChI is InChI=1S/C12H14N2O2S2/c1-4-7-6-17-10(13-7)11-14-8(5-2)9(18-11)12(15)16-3/h6H,4-5H2,1-3H3. The Kier molecular flexibility index (Phi) is 4.08. The second-order valence-corrected chi connectivity index (χ2v) is 5.49. The first-order valence-corrected chi connectivity index (χ1v) is 7.42. The normalized spacial score (nSPS) is 10.6. The number of aromatic nitrogens is 2. The lowest BCUT2D eigenvalue weighted by molar-refractivity contribution is 0.0605. The van der Waals surface area contributed by atoms with Gasteiger partial charge in [0.15, 0.2) is 10.0 Å². The van der Waals surface area contributed by atoms with Gasteiger partial charge in [-0.05, 0) is 12.8 Å². The third kappa shape index (κ3) is 2.44. The molecule has 96 valence electrons. The van der Waals surface area contributed by atoms with Crippen LogP contribution in [0.1, 0.15) is 34.9 Å². The van der Waals surface area contributed by atoms with Crippen molar-refractivity contribution in [2.45, 2.75) is 26.7 Å². The number of esters is 1. The minimum atomic E-state index is -0.317. The third-order valence-electron chi connectivity index (χ3n) is 2.50. The maximum atomic E-state index is 11.6. The van der Waals surface area contributed by atoms with Gasteiger partial charge in [0.25, 0.3) is 0 Å². The smallest absolute Gasteiger partial charge is 0.349 e. The number of ether oxygens (including phenoxy) is 1. The molecule has 0 aliphatic heterocycles. The van der Waals surface area contributed by atoms with Crippen LogP contribution in [0.3, 0.4) is 0 Å². The van der Waals surface area contributed by atoms with Gasteiger partial charge >= 0.3 is 5.97 Å². The Balaban J connectivity index is 2.40. The summed E-state index contributed by atoms with van der Waals surface area (Å²) in [7, 11) is 1.39. The molecule has 0 saturated carbocycles. The first-order valence-electron chi connectivity index (χ1n) is 5.72. The molecule has 0 amide bonds. The van der Waals surface area contributed by atoms with Gasteiger partial charge in [-0.3, -0.25) is 0 Å². The zero-order chi connectivity index (χ0) is 13.1. The molecule has 2 aromatic rings. The highest BCUT2D eigenvalue weighted by atomic mass is 32.1. The summed E-state index contributed by atoms with van der Waals surface area (Å²) in [5.74, 6) is -0.317. The van der Waals surface area contributed by atoms with Gasteiger partial charge in [-0.1, -0.05) is 13.8 Å². The summed E-state index contributed by atoms with van der Waals surface area (Å²) in [4.78, 5) is 21.2. The van der Waals surface area contributed by atoms with Crippen LogP contribution >= 0.6 is 22.7 Å². The number of carbonyl (C=O) groups is 1. The third-order valence-corrected chi connectivity index (χ3v) is 4.61. The Morgan fingerprint density at radius 1 is 1.28 bits per heavy atom. The van der Waals surface area contributed by atoms with E-state index in [1.165, 1.54) is 18.4 Å². The Labute approximate surface area is 114 Å². The number of carbonyl (C=O) groups excluding carboxylic acids is 1. The molecule has 0 saturated heterocycles. The fourth-order valence-electron chi connectivity index (χ4n) is 1.50. The van der Waals surface area contributed by atoms with Gasteiger partial charge in [0.05, 0.1) is 18.5 Å². The van der Waals surface area contributed by atoms with Gasteiger partial charge < -0.3 is 4.74 Å². The van der Waals surface area contributed by atoms with Crippen molar-refractivity contribution >= 4 is 28.6 Å². The predicted molar refractivity (Wildman–Crippen MR) is 73.3 cm³/mol. The molecule has 0 atom stereocenters. The summed E-state index contributed by atoms with van der Waals surface area (Å²) in [6.45, 7) is 4.04. The maximum Gasteiger partial charge on any atom is 0.349 e. The maximum absolute atomic E-state index is 11.6. The van der Waals surface area contributed by atoms with Gasteiger partial charge in [0, 0.05) is 5.38 Å². The van der Waals surface area contributed by atoms with Crippen LogP contribution < -0.4 is 0 Å². The number of rotatable bonds is 4. The Bertz CT molecular complexity index is 560. The lowest BCUT2D eigenvalue weighted by Crippen LogP contribution is -2.01. The molecule has 0 spiro atoms. The molecule has 0 unspecified atom stereocenters. The topological polar surface area (TPSA) is 52.1 Å². The first kappa shape index (κ1) is 13.2. The Morgan fingerprint density at radius 3 is 2.61 bits per heavy atom. The van der Waals surface area contributed by atoms with Crippen LogP contribution in [0.2, 0.25) is 0 Å². The highest BCUT2D eigenvalue weighted by Gasteiger charge is 2.19. The van der Waals surface area contributed by atoms with E-state index in [1.54, 1.807) is 11.3 Å². The van der Waals surface area contributed by atoms with Crippen LogP contribution in [0.15, 0.2) is 5.38 Å². The van der Waals surface area contributed by atoms with E-state index >= 15 is 0 Å². The molecule has 2 aromatic heterocycles. The minimum Gasteiger partial charge on any atom is -0.465 e. The molecule has 0 aliphatic rings. The highest BCUT2D eigenvalue weighted by molar-refractivity contribution is 7.21. The summed E-state index contributed by atoms with van der Waals surface area (Å²) in [6, 6.07) is 0. The van der Waals surface area contributed by atoms with Crippen molar-refractivity contribution in [3.63, 3.8) is 0 Å². The number of methoxy groups -OCH3 is 1. The monoisotopic (exact) mass is 282 g/mol. The first-order chi connectivity index (χ1) is 8.69. The van der Waals surface area contributed by atoms with Crippen LogP contribution in [-0.2, 0) is 17.6 Å². The summed E-state index contributed by atoms with van der Waals surface area (Å²) >= 11 is 2.92. The lowest BCUT2D eigenvalue weighted by atomic mass is 10.3. The summed E-state index contributed by atoms with van der Waals surface area (Å²) in [5.41, 5.74) is 1.85. The molecule has 18 heavy (non-hydrogen) atoms. The molecule has 2 heterocycles. The molecular formula is C12H14N2O2S2. The lowest BCUT2D eigenvalue weighted by Gasteiger charge is -1.95. The Morgan fingerprint density at radius 2 is 2.06 bits per heavy atom. The number of hydrogen-bond donors (Lipinski definition) is 0. The van der Waals surface area contributed by atoms with Crippen LogP contribution in [0.25, 0.3) is 10.0 Å². The van der Waals surface area contributed by atoms with Gasteiger partial charge in [0.1, 0.15) is 4.88 Å². The molecule has 0 aliphatic carbocycles. The van der Waals surface area contributed by atoms with Crippen molar-refractivity contribution in [1.29, 1.82) is 0 Å². The summed E-state index contributed by atoms with van der Waals surface area (Å²) < 4.78 is 4.77.